The molecule has 0 aliphatic rings. The third-order valence-corrected chi connectivity index (χ3v) is 7.68. The van der Waals surface area contributed by atoms with Gasteiger partial charge in [0.05, 0.1) is 0 Å². The van der Waals surface area contributed by atoms with E-state index < -0.39 is 18.4 Å². The number of rotatable bonds is 8. The van der Waals surface area contributed by atoms with Gasteiger partial charge in [-0.3, -0.25) is 0 Å². The fourth-order valence-electron chi connectivity index (χ4n) is 1.83. The van der Waals surface area contributed by atoms with Gasteiger partial charge in [-0.25, -0.2) is 0 Å². The molecule has 0 N–H and O–H groups in total. The van der Waals surface area contributed by atoms with Crippen LogP contribution in [0, 0.1) is 0 Å². The van der Waals surface area contributed by atoms with Crippen LogP contribution in [0.1, 0.15) is 40.0 Å². The zero-order chi connectivity index (χ0) is 12.6. The molecule has 0 saturated carbocycles. The molecule has 0 aliphatic carbocycles. The molecule has 0 spiro atoms. The van der Waals surface area contributed by atoms with Crippen molar-refractivity contribution in [3.05, 3.63) is 9.25 Å². The molecule has 0 aliphatic heterocycles. The Morgan fingerprint density at radius 2 is 1.69 bits per heavy atom. The Hall–Kier alpha value is 0.404. The molecule has 0 amide bonds. The van der Waals surface area contributed by atoms with Crippen LogP contribution in [-0.4, -0.2) is 32.3 Å². The van der Waals surface area contributed by atoms with Crippen molar-refractivity contribution in [2.75, 3.05) is 6.61 Å². The summed E-state index contributed by atoms with van der Waals surface area (Å²) in [5.74, 6) is 0. The first-order valence-corrected chi connectivity index (χ1v) is 16.7. The Labute approximate surface area is 107 Å². The monoisotopic (exact) mass is 331 g/mol. The van der Waals surface area contributed by atoms with Gasteiger partial charge in [0.25, 0.3) is 0 Å². The average Bonchev–Trinajstić information content (AvgIpc) is 2.19. The fraction of sp³-hybridized carbons (Fsp3) is 0.846. The summed E-state index contributed by atoms with van der Waals surface area (Å²) in [6.07, 6.45) is 4.82. The molecule has 0 aromatic rings. The van der Waals surface area contributed by atoms with Crippen LogP contribution in [0.4, 0.5) is 0 Å². The SMILES string of the molecule is CCC[B]/C(CCC)=[C](\OCC)[Sn]([CH3])([CH3])[CH3]. The molecular formula is C13H28BOSn. The van der Waals surface area contributed by atoms with Gasteiger partial charge in [-0.2, -0.15) is 0 Å². The molecule has 1 radical (unpaired) electrons. The Balaban J connectivity index is 4.93. The van der Waals surface area contributed by atoms with Crippen LogP contribution < -0.4 is 0 Å². The molecular weight excluding hydrogens is 302 g/mol. The molecule has 0 heterocycles. The van der Waals surface area contributed by atoms with Crippen molar-refractivity contribution in [1.29, 1.82) is 0 Å². The minimum atomic E-state index is -2.07. The van der Waals surface area contributed by atoms with Crippen molar-refractivity contribution in [3.63, 3.8) is 0 Å². The summed E-state index contributed by atoms with van der Waals surface area (Å²) in [5.41, 5.74) is 1.51. The third kappa shape index (κ3) is 6.22. The van der Waals surface area contributed by atoms with E-state index in [-0.39, 0.29) is 0 Å². The maximum absolute atomic E-state index is 5.96. The van der Waals surface area contributed by atoms with E-state index in [4.69, 9.17) is 4.74 Å². The molecule has 0 unspecified atom stereocenters. The summed E-state index contributed by atoms with van der Waals surface area (Å²) in [5, 5.41) is 0. The summed E-state index contributed by atoms with van der Waals surface area (Å²) in [4.78, 5) is 7.32. The molecule has 0 saturated heterocycles. The normalized spacial score (nSPS) is 13.4. The van der Waals surface area contributed by atoms with Gasteiger partial charge in [0.15, 0.2) is 0 Å². The molecule has 0 aromatic carbocycles. The summed E-state index contributed by atoms with van der Waals surface area (Å²) in [7, 11) is 2.41. The zero-order valence-electron chi connectivity index (χ0n) is 12.0. The number of hydrogen-bond acceptors (Lipinski definition) is 1. The Kier molecular flexibility index (Phi) is 8.70. The van der Waals surface area contributed by atoms with E-state index >= 15 is 0 Å². The van der Waals surface area contributed by atoms with Crippen LogP contribution in [0.15, 0.2) is 9.25 Å². The minimum absolute atomic E-state index is 0.816. The summed E-state index contributed by atoms with van der Waals surface area (Å²) in [6, 6.07) is 0. The van der Waals surface area contributed by atoms with E-state index in [1.807, 2.05) is 0 Å². The molecule has 0 atom stereocenters. The van der Waals surface area contributed by atoms with Crippen molar-refractivity contribution in [2.24, 2.45) is 0 Å². The predicted octanol–water partition coefficient (Wildman–Crippen LogP) is 4.44. The van der Waals surface area contributed by atoms with Gasteiger partial charge in [0, 0.05) is 0 Å². The van der Waals surface area contributed by atoms with Gasteiger partial charge in [0.2, 0.25) is 0 Å². The quantitative estimate of drug-likeness (QED) is 0.472. The van der Waals surface area contributed by atoms with Gasteiger partial charge in [-0.1, -0.05) is 0 Å². The molecule has 3 heteroatoms. The first-order chi connectivity index (χ1) is 7.47. The number of allylic oxidation sites excluding steroid dienone is 1. The molecule has 0 aromatic heterocycles. The second-order valence-corrected chi connectivity index (χ2v) is 19.4. The molecule has 93 valence electrons. The molecule has 0 rings (SSSR count). The summed E-state index contributed by atoms with van der Waals surface area (Å²) in [6.45, 7) is 7.40. The van der Waals surface area contributed by atoms with Crippen LogP contribution in [-0.2, 0) is 4.74 Å². The van der Waals surface area contributed by atoms with Gasteiger partial charge < -0.3 is 0 Å². The number of hydrogen-bond donors (Lipinski definition) is 0. The summed E-state index contributed by atoms with van der Waals surface area (Å²) < 4.78 is 7.36. The van der Waals surface area contributed by atoms with Crippen molar-refractivity contribution in [3.8, 4) is 0 Å². The third-order valence-electron chi connectivity index (χ3n) is 2.46. The molecule has 0 fully saturated rings. The first kappa shape index (κ1) is 16.4. The van der Waals surface area contributed by atoms with Crippen molar-refractivity contribution in [1.82, 2.24) is 0 Å². The van der Waals surface area contributed by atoms with E-state index in [0.29, 0.717) is 0 Å². The van der Waals surface area contributed by atoms with E-state index in [2.05, 4.69) is 42.9 Å². The van der Waals surface area contributed by atoms with Crippen molar-refractivity contribution >= 4 is 25.7 Å². The van der Waals surface area contributed by atoms with Crippen LogP contribution in [0.5, 0.6) is 0 Å². The van der Waals surface area contributed by atoms with Crippen LogP contribution in [0.3, 0.4) is 0 Å². The second-order valence-electron chi connectivity index (χ2n) is 5.28. The van der Waals surface area contributed by atoms with Gasteiger partial charge in [-0.05, 0) is 0 Å². The molecule has 1 nitrogen and oxygen atoms in total. The van der Waals surface area contributed by atoms with Gasteiger partial charge in [0.1, 0.15) is 0 Å². The van der Waals surface area contributed by atoms with Crippen LogP contribution in [0.25, 0.3) is 0 Å². The number of ether oxygens (including phenoxy) is 1. The predicted molar refractivity (Wildman–Crippen MR) is 77.8 cm³/mol. The average molecular weight is 330 g/mol. The van der Waals surface area contributed by atoms with Crippen molar-refractivity contribution in [2.45, 2.75) is 61.2 Å². The Morgan fingerprint density at radius 1 is 1.06 bits per heavy atom. The first-order valence-electron chi connectivity index (χ1n) is 6.66. The van der Waals surface area contributed by atoms with Crippen molar-refractivity contribution < 1.29 is 4.74 Å². The Morgan fingerprint density at radius 3 is 2.06 bits per heavy atom. The molecule has 0 bridgehead atoms. The maximum atomic E-state index is 5.96. The fourth-order valence-corrected chi connectivity index (χ4v) is 6.88. The van der Waals surface area contributed by atoms with E-state index in [0.717, 1.165) is 6.61 Å². The van der Waals surface area contributed by atoms with E-state index in [9.17, 15) is 0 Å². The second kappa shape index (κ2) is 8.49. The van der Waals surface area contributed by atoms with Gasteiger partial charge >= 0.3 is 107 Å². The van der Waals surface area contributed by atoms with Crippen LogP contribution in [0.2, 0.25) is 21.1 Å². The van der Waals surface area contributed by atoms with Crippen LogP contribution >= 0.6 is 0 Å². The zero-order valence-corrected chi connectivity index (χ0v) is 14.9. The Bertz CT molecular complexity index is 218. The van der Waals surface area contributed by atoms with E-state index in [1.54, 1.807) is 0 Å². The van der Waals surface area contributed by atoms with Gasteiger partial charge in [-0.15, -0.1) is 0 Å². The standard InChI is InChI=1S/C10H19BO.3CH3.Sn/c1-4-7-10(9-12-6-3)11-8-5-2;;;;/h4-8H2,1-3H3;3*1H3;. The molecule has 16 heavy (non-hydrogen) atoms. The van der Waals surface area contributed by atoms with E-state index in [1.165, 1.54) is 34.8 Å². The topological polar surface area (TPSA) is 9.23 Å². The summed E-state index contributed by atoms with van der Waals surface area (Å²) >= 11 is -2.07.